The first-order valence-electron chi connectivity index (χ1n) is 3.86. The van der Waals surface area contributed by atoms with Gasteiger partial charge in [-0.2, -0.15) is 8.78 Å². The topological polar surface area (TPSA) is 26.3 Å². The molecule has 0 bridgehead atoms. The highest BCUT2D eigenvalue weighted by Gasteiger charge is 2.16. The number of ether oxygens (including phenoxy) is 1. The normalized spacial score (nSPS) is 10.5. The number of benzene rings is 1. The molecule has 0 unspecified atom stereocenters. The van der Waals surface area contributed by atoms with E-state index >= 15 is 0 Å². The summed E-state index contributed by atoms with van der Waals surface area (Å²) < 4.78 is 40.6. The van der Waals surface area contributed by atoms with E-state index in [0.717, 1.165) is 13.0 Å². The van der Waals surface area contributed by atoms with Crippen LogP contribution in [0.2, 0.25) is 5.02 Å². The van der Waals surface area contributed by atoms with Gasteiger partial charge in [0.2, 0.25) is 0 Å². The highest BCUT2D eigenvalue weighted by Crippen LogP contribution is 2.31. The number of alkyl halides is 2. The first kappa shape index (κ1) is 11.8. The van der Waals surface area contributed by atoms with Gasteiger partial charge < -0.3 is 4.74 Å². The third-order valence-electron chi connectivity index (χ3n) is 1.60. The van der Waals surface area contributed by atoms with Crippen molar-refractivity contribution >= 4 is 17.4 Å². The van der Waals surface area contributed by atoms with Crippen LogP contribution in [-0.2, 0) is 0 Å². The largest absolute Gasteiger partial charge is 0.433 e. The Labute approximate surface area is 88.6 Å². The van der Waals surface area contributed by atoms with Crippen molar-refractivity contribution in [3.05, 3.63) is 28.5 Å². The van der Waals surface area contributed by atoms with Crippen molar-refractivity contribution in [1.82, 2.24) is 0 Å². The maximum absolute atomic E-state index is 12.9. The predicted octanol–water partition coefficient (Wildman–Crippen LogP) is 3.28. The van der Waals surface area contributed by atoms with Gasteiger partial charge in [-0.25, -0.2) is 4.39 Å². The Hall–Kier alpha value is -1.23. The van der Waals surface area contributed by atoms with Gasteiger partial charge in [-0.15, -0.1) is 0 Å². The molecule has 6 heteroatoms. The molecular weight excluding hydrogens is 233 g/mol. The zero-order valence-electron chi connectivity index (χ0n) is 7.56. The van der Waals surface area contributed by atoms with Crippen LogP contribution in [0.15, 0.2) is 12.1 Å². The van der Waals surface area contributed by atoms with E-state index < -0.39 is 24.0 Å². The van der Waals surface area contributed by atoms with E-state index in [0.29, 0.717) is 6.07 Å². The van der Waals surface area contributed by atoms with Crippen LogP contribution in [0.25, 0.3) is 0 Å². The van der Waals surface area contributed by atoms with Gasteiger partial charge in [0.1, 0.15) is 11.6 Å². The summed E-state index contributed by atoms with van der Waals surface area (Å²) in [4.78, 5) is 11.0. The van der Waals surface area contributed by atoms with E-state index in [1.54, 1.807) is 0 Å². The standard InChI is InChI=1S/C9H6ClF3O2/c1-4(14)6-2-5(11)3-7(8(6)10)15-9(12)13/h2-3,9H,1H3. The number of ketones is 1. The van der Waals surface area contributed by atoms with Crippen molar-refractivity contribution in [1.29, 1.82) is 0 Å². The fraction of sp³-hybridized carbons (Fsp3) is 0.222. The van der Waals surface area contributed by atoms with Crippen LogP contribution in [0.1, 0.15) is 17.3 Å². The quantitative estimate of drug-likeness (QED) is 0.756. The Bertz CT molecular complexity index is 393. The number of hydrogen-bond acceptors (Lipinski definition) is 2. The maximum Gasteiger partial charge on any atom is 0.387 e. The first-order chi connectivity index (χ1) is 6.91. The van der Waals surface area contributed by atoms with Crippen LogP contribution in [0, 0.1) is 5.82 Å². The summed E-state index contributed by atoms with van der Waals surface area (Å²) in [6, 6.07) is 1.56. The second-order valence-electron chi connectivity index (χ2n) is 2.70. The van der Waals surface area contributed by atoms with Crippen molar-refractivity contribution < 1.29 is 22.7 Å². The molecule has 15 heavy (non-hydrogen) atoms. The summed E-state index contributed by atoms with van der Waals surface area (Å²) in [5, 5.41) is -0.316. The average Bonchev–Trinajstić information content (AvgIpc) is 2.09. The lowest BCUT2D eigenvalue weighted by Crippen LogP contribution is -2.05. The van der Waals surface area contributed by atoms with Gasteiger partial charge in [-0.1, -0.05) is 11.6 Å². The number of hydrogen-bond donors (Lipinski definition) is 0. The fourth-order valence-electron chi connectivity index (χ4n) is 1.00. The van der Waals surface area contributed by atoms with Gasteiger partial charge in [-0.05, 0) is 13.0 Å². The van der Waals surface area contributed by atoms with Crippen LogP contribution in [-0.4, -0.2) is 12.4 Å². The van der Waals surface area contributed by atoms with Gasteiger partial charge in [0.25, 0.3) is 0 Å². The molecule has 0 heterocycles. The second kappa shape index (κ2) is 4.53. The van der Waals surface area contributed by atoms with Gasteiger partial charge in [0, 0.05) is 11.6 Å². The Morgan fingerprint density at radius 2 is 2.07 bits per heavy atom. The molecule has 82 valence electrons. The Kier molecular flexibility index (Phi) is 3.57. The number of carbonyl (C=O) groups is 1. The van der Waals surface area contributed by atoms with Crippen LogP contribution in [0.5, 0.6) is 5.75 Å². The predicted molar refractivity (Wildman–Crippen MR) is 48.0 cm³/mol. The zero-order valence-corrected chi connectivity index (χ0v) is 8.32. The van der Waals surface area contributed by atoms with Crippen LogP contribution in [0.3, 0.4) is 0 Å². The summed E-state index contributed by atoms with van der Waals surface area (Å²) in [6.07, 6.45) is 0. The molecule has 0 spiro atoms. The summed E-state index contributed by atoms with van der Waals surface area (Å²) >= 11 is 5.57. The van der Waals surface area contributed by atoms with E-state index in [-0.39, 0.29) is 10.6 Å². The Morgan fingerprint density at radius 1 is 1.47 bits per heavy atom. The lowest BCUT2D eigenvalue weighted by Gasteiger charge is -2.09. The van der Waals surface area contributed by atoms with E-state index in [1.165, 1.54) is 0 Å². The van der Waals surface area contributed by atoms with Crippen molar-refractivity contribution in [2.45, 2.75) is 13.5 Å². The van der Waals surface area contributed by atoms with E-state index in [4.69, 9.17) is 11.6 Å². The lowest BCUT2D eigenvalue weighted by atomic mass is 10.1. The van der Waals surface area contributed by atoms with Crippen molar-refractivity contribution in [3.63, 3.8) is 0 Å². The summed E-state index contributed by atoms with van der Waals surface area (Å²) in [7, 11) is 0. The van der Waals surface area contributed by atoms with Crippen LogP contribution < -0.4 is 4.74 Å². The molecule has 0 N–H and O–H groups in total. The Morgan fingerprint density at radius 3 is 2.53 bits per heavy atom. The van der Waals surface area contributed by atoms with Gasteiger partial charge in [0.05, 0.1) is 5.02 Å². The van der Waals surface area contributed by atoms with Crippen molar-refractivity contribution in [2.75, 3.05) is 0 Å². The summed E-state index contributed by atoms with van der Waals surface area (Å²) in [5.41, 5.74) is -0.188. The molecule has 2 nitrogen and oxygen atoms in total. The smallest absolute Gasteiger partial charge is 0.387 e. The molecule has 0 aliphatic rings. The average molecular weight is 239 g/mol. The van der Waals surface area contributed by atoms with E-state index in [1.807, 2.05) is 0 Å². The van der Waals surface area contributed by atoms with Crippen molar-refractivity contribution in [3.8, 4) is 5.75 Å². The van der Waals surface area contributed by atoms with Gasteiger partial charge >= 0.3 is 6.61 Å². The summed E-state index contributed by atoms with van der Waals surface area (Å²) in [6.45, 7) is -1.98. The fourth-order valence-corrected chi connectivity index (χ4v) is 1.29. The lowest BCUT2D eigenvalue weighted by molar-refractivity contribution is -0.0499. The first-order valence-corrected chi connectivity index (χ1v) is 4.24. The molecule has 0 aliphatic carbocycles. The molecular formula is C9H6ClF3O2. The monoisotopic (exact) mass is 238 g/mol. The molecule has 0 radical (unpaired) electrons. The van der Waals surface area contributed by atoms with E-state index in [2.05, 4.69) is 4.74 Å². The number of halogens is 4. The highest BCUT2D eigenvalue weighted by atomic mass is 35.5. The second-order valence-corrected chi connectivity index (χ2v) is 3.08. The zero-order chi connectivity index (χ0) is 11.6. The highest BCUT2D eigenvalue weighted by molar-refractivity contribution is 6.35. The van der Waals surface area contributed by atoms with Gasteiger partial charge in [-0.3, -0.25) is 4.79 Å². The molecule has 1 aromatic rings. The molecule has 0 saturated heterocycles. The SMILES string of the molecule is CC(=O)c1cc(F)cc(OC(F)F)c1Cl. The minimum atomic E-state index is -3.12. The number of rotatable bonds is 3. The molecule has 1 rings (SSSR count). The van der Waals surface area contributed by atoms with Crippen LogP contribution in [0.4, 0.5) is 13.2 Å². The minimum absolute atomic E-state index is 0.188. The summed E-state index contributed by atoms with van der Waals surface area (Å²) in [5.74, 6) is -1.93. The number of Topliss-reactive ketones (excluding diaryl/α,β-unsaturated/α-hetero) is 1. The molecule has 0 atom stereocenters. The number of carbonyl (C=O) groups excluding carboxylic acids is 1. The van der Waals surface area contributed by atoms with Crippen molar-refractivity contribution in [2.24, 2.45) is 0 Å². The van der Waals surface area contributed by atoms with Crippen LogP contribution >= 0.6 is 11.6 Å². The van der Waals surface area contributed by atoms with Gasteiger partial charge in [0.15, 0.2) is 5.78 Å². The Balaban J connectivity index is 3.22. The molecule has 0 aromatic heterocycles. The molecule has 0 amide bonds. The third kappa shape index (κ3) is 2.86. The maximum atomic E-state index is 12.9. The molecule has 0 fully saturated rings. The third-order valence-corrected chi connectivity index (χ3v) is 1.99. The van der Waals surface area contributed by atoms with E-state index in [9.17, 15) is 18.0 Å². The minimum Gasteiger partial charge on any atom is -0.433 e. The molecule has 1 aromatic carbocycles. The molecule has 0 saturated carbocycles. The molecule has 0 aliphatic heterocycles.